The highest BCUT2D eigenvalue weighted by molar-refractivity contribution is 5.79. The Morgan fingerprint density at radius 1 is 1.25 bits per heavy atom. The fraction of sp³-hybridized carbons (Fsp3) is 0.444. The minimum absolute atomic E-state index is 0.0478. The Morgan fingerprint density at radius 2 is 1.96 bits per heavy atom. The van der Waals surface area contributed by atoms with Gasteiger partial charge in [-0.3, -0.25) is 9.67 Å². The van der Waals surface area contributed by atoms with E-state index in [1.807, 2.05) is 12.1 Å². The molecule has 10 heteroatoms. The molecule has 2 rings (SSSR count). The van der Waals surface area contributed by atoms with E-state index in [2.05, 4.69) is 15.4 Å². The highest BCUT2D eigenvalue weighted by atomic mass is 19.4. The van der Waals surface area contributed by atoms with E-state index in [1.165, 1.54) is 13.2 Å². The molecule has 7 nitrogen and oxygen atoms in total. The van der Waals surface area contributed by atoms with Crippen LogP contribution in [0.2, 0.25) is 0 Å². The van der Waals surface area contributed by atoms with Gasteiger partial charge in [-0.15, -0.1) is 0 Å². The summed E-state index contributed by atoms with van der Waals surface area (Å²) in [6.07, 6.45) is -3.17. The van der Waals surface area contributed by atoms with Crippen LogP contribution in [-0.2, 0) is 26.3 Å². The number of guanidine groups is 1. The van der Waals surface area contributed by atoms with Gasteiger partial charge in [0.2, 0.25) is 0 Å². The van der Waals surface area contributed by atoms with Crippen molar-refractivity contribution in [1.29, 1.82) is 0 Å². The van der Waals surface area contributed by atoms with E-state index in [0.717, 1.165) is 10.2 Å². The molecule has 1 N–H and O–H groups in total. The molecule has 1 aromatic carbocycles. The van der Waals surface area contributed by atoms with Crippen LogP contribution in [0.25, 0.3) is 0 Å². The van der Waals surface area contributed by atoms with E-state index in [9.17, 15) is 13.2 Å². The molecule has 0 saturated carbocycles. The van der Waals surface area contributed by atoms with Gasteiger partial charge in [0.1, 0.15) is 11.5 Å². The highest BCUT2D eigenvalue weighted by Gasteiger charge is 2.36. The molecule has 28 heavy (non-hydrogen) atoms. The van der Waals surface area contributed by atoms with Crippen molar-refractivity contribution in [3.8, 4) is 11.5 Å². The molecule has 0 aliphatic rings. The number of aliphatic imine (C=N–C) groups is 1. The third-order valence-electron chi connectivity index (χ3n) is 4.09. The molecule has 2 aromatic rings. The van der Waals surface area contributed by atoms with Crippen LogP contribution in [-0.4, -0.2) is 49.0 Å². The third kappa shape index (κ3) is 5.08. The first-order valence-electron chi connectivity index (χ1n) is 8.42. The van der Waals surface area contributed by atoms with Crippen molar-refractivity contribution >= 4 is 5.96 Å². The number of methoxy groups -OCH3 is 2. The molecule has 1 aromatic heterocycles. The molecule has 0 aliphatic carbocycles. The van der Waals surface area contributed by atoms with Crippen LogP contribution in [0.4, 0.5) is 13.2 Å². The Balaban J connectivity index is 2.11. The second kappa shape index (κ2) is 8.85. The number of hydrogen-bond donors (Lipinski definition) is 1. The Morgan fingerprint density at radius 3 is 2.54 bits per heavy atom. The molecule has 0 unspecified atom stereocenters. The second-order valence-corrected chi connectivity index (χ2v) is 6.11. The molecule has 0 radical (unpaired) electrons. The van der Waals surface area contributed by atoms with Crippen molar-refractivity contribution in [2.75, 3.05) is 28.3 Å². The zero-order valence-corrected chi connectivity index (χ0v) is 16.5. The van der Waals surface area contributed by atoms with Gasteiger partial charge in [0, 0.05) is 57.6 Å². The number of alkyl halides is 3. The van der Waals surface area contributed by atoms with E-state index in [1.54, 1.807) is 39.3 Å². The van der Waals surface area contributed by atoms with E-state index < -0.39 is 11.9 Å². The summed E-state index contributed by atoms with van der Waals surface area (Å²) in [6, 6.07) is 5.45. The minimum atomic E-state index is -4.51. The van der Waals surface area contributed by atoms with Crippen molar-refractivity contribution in [2.45, 2.75) is 19.3 Å². The standard InChI is InChI=1S/C18H24F3N5O2/c1-22-17(23-9-13-11-26(3)24-16(13)18(19,20)21)25(2)10-12-6-7-14(27-4)8-15(12)28-5/h6-8,11H,9-10H2,1-5H3,(H,22,23). The summed E-state index contributed by atoms with van der Waals surface area (Å²) in [6.45, 7) is 0.380. The summed E-state index contributed by atoms with van der Waals surface area (Å²) in [5.74, 6) is 1.75. The van der Waals surface area contributed by atoms with Crippen LogP contribution in [0.15, 0.2) is 29.4 Å². The molecule has 0 bridgehead atoms. The Labute approximate surface area is 161 Å². The topological polar surface area (TPSA) is 63.9 Å². The number of ether oxygens (including phenoxy) is 2. The lowest BCUT2D eigenvalue weighted by atomic mass is 10.2. The zero-order valence-electron chi connectivity index (χ0n) is 16.5. The smallest absolute Gasteiger partial charge is 0.435 e. The number of rotatable bonds is 6. The summed E-state index contributed by atoms with van der Waals surface area (Å²) < 4.78 is 51.0. The summed E-state index contributed by atoms with van der Waals surface area (Å²) in [7, 11) is 7.94. The van der Waals surface area contributed by atoms with E-state index in [-0.39, 0.29) is 12.1 Å². The van der Waals surface area contributed by atoms with Gasteiger partial charge < -0.3 is 19.7 Å². The summed E-state index contributed by atoms with van der Waals surface area (Å²) in [4.78, 5) is 5.93. The zero-order chi connectivity index (χ0) is 20.9. The number of hydrogen-bond acceptors (Lipinski definition) is 4. The monoisotopic (exact) mass is 399 g/mol. The van der Waals surface area contributed by atoms with Crippen molar-refractivity contribution in [1.82, 2.24) is 20.0 Å². The van der Waals surface area contributed by atoms with Crippen LogP contribution in [0.1, 0.15) is 16.8 Å². The maximum Gasteiger partial charge on any atom is 0.435 e. The van der Waals surface area contributed by atoms with Crippen LogP contribution in [0.5, 0.6) is 11.5 Å². The van der Waals surface area contributed by atoms with Crippen molar-refractivity contribution in [3.63, 3.8) is 0 Å². The van der Waals surface area contributed by atoms with Gasteiger partial charge >= 0.3 is 6.18 Å². The molecule has 0 saturated heterocycles. The minimum Gasteiger partial charge on any atom is -0.497 e. The number of aromatic nitrogens is 2. The summed E-state index contributed by atoms with van der Waals surface area (Å²) in [5, 5.41) is 6.46. The van der Waals surface area contributed by atoms with Crippen LogP contribution >= 0.6 is 0 Å². The lowest BCUT2D eigenvalue weighted by molar-refractivity contribution is -0.142. The predicted octanol–water partition coefficient (Wildman–Crippen LogP) is 2.66. The van der Waals surface area contributed by atoms with Crippen LogP contribution in [0, 0.1) is 0 Å². The van der Waals surface area contributed by atoms with Crippen LogP contribution < -0.4 is 14.8 Å². The fourth-order valence-corrected chi connectivity index (χ4v) is 2.78. The first-order chi connectivity index (χ1) is 13.2. The van der Waals surface area contributed by atoms with Gasteiger partial charge in [-0.2, -0.15) is 18.3 Å². The summed E-state index contributed by atoms with van der Waals surface area (Å²) >= 11 is 0. The maximum atomic E-state index is 13.1. The molecule has 0 fully saturated rings. The van der Waals surface area contributed by atoms with Gasteiger partial charge in [0.25, 0.3) is 0 Å². The predicted molar refractivity (Wildman–Crippen MR) is 99.4 cm³/mol. The quantitative estimate of drug-likeness (QED) is 0.598. The molecular formula is C18H24F3N5O2. The molecule has 0 amide bonds. The average molecular weight is 399 g/mol. The lowest BCUT2D eigenvalue weighted by Crippen LogP contribution is -2.38. The van der Waals surface area contributed by atoms with E-state index in [4.69, 9.17) is 9.47 Å². The number of aryl methyl sites for hydroxylation is 1. The molecular weight excluding hydrogens is 375 g/mol. The van der Waals surface area contributed by atoms with Crippen molar-refractivity contribution in [2.24, 2.45) is 12.0 Å². The first kappa shape index (κ1) is 21.4. The number of benzene rings is 1. The van der Waals surface area contributed by atoms with Gasteiger partial charge in [-0.25, -0.2) is 0 Å². The van der Waals surface area contributed by atoms with Crippen molar-refractivity contribution in [3.05, 3.63) is 41.2 Å². The molecule has 0 atom stereocenters. The molecule has 154 valence electrons. The van der Waals surface area contributed by atoms with Gasteiger partial charge in [-0.05, 0) is 12.1 Å². The second-order valence-electron chi connectivity index (χ2n) is 6.11. The molecule has 0 aliphatic heterocycles. The largest absolute Gasteiger partial charge is 0.497 e. The molecule has 0 spiro atoms. The maximum absolute atomic E-state index is 13.1. The molecule has 1 heterocycles. The lowest BCUT2D eigenvalue weighted by Gasteiger charge is -2.23. The normalized spacial score (nSPS) is 12.1. The van der Waals surface area contributed by atoms with E-state index >= 15 is 0 Å². The highest BCUT2D eigenvalue weighted by Crippen LogP contribution is 2.30. The van der Waals surface area contributed by atoms with E-state index in [0.29, 0.717) is 24.0 Å². The first-order valence-corrected chi connectivity index (χ1v) is 8.42. The number of nitrogens with one attached hydrogen (secondary N) is 1. The fourth-order valence-electron chi connectivity index (χ4n) is 2.78. The average Bonchev–Trinajstić information content (AvgIpc) is 3.03. The summed E-state index contributed by atoms with van der Waals surface area (Å²) in [5.41, 5.74) is 0.0233. The van der Waals surface area contributed by atoms with Gasteiger partial charge in [0.15, 0.2) is 11.7 Å². The SMILES string of the molecule is CN=C(NCc1cn(C)nc1C(F)(F)F)N(C)Cc1ccc(OC)cc1OC. The Kier molecular flexibility index (Phi) is 6.76. The Hall–Kier alpha value is -2.91. The van der Waals surface area contributed by atoms with Gasteiger partial charge in [-0.1, -0.05) is 0 Å². The van der Waals surface area contributed by atoms with Gasteiger partial charge in [0.05, 0.1) is 14.2 Å². The third-order valence-corrected chi connectivity index (χ3v) is 4.09. The Bertz CT molecular complexity index is 833. The van der Waals surface area contributed by atoms with Crippen molar-refractivity contribution < 1.29 is 22.6 Å². The number of nitrogens with zero attached hydrogens (tertiary/aromatic N) is 4. The van der Waals surface area contributed by atoms with Crippen LogP contribution in [0.3, 0.4) is 0 Å². The number of halogens is 3.